The van der Waals surface area contributed by atoms with Crippen molar-refractivity contribution < 1.29 is 32.4 Å². The molecule has 13 nitrogen and oxygen atoms in total. The lowest BCUT2D eigenvalue weighted by molar-refractivity contribution is -0.145. The lowest BCUT2D eigenvalue weighted by Crippen LogP contribution is -2.62. The highest BCUT2D eigenvalue weighted by atomic mass is 32.2. The van der Waals surface area contributed by atoms with E-state index in [-0.39, 0.29) is 46.9 Å². The minimum absolute atomic E-state index is 0.0204. The van der Waals surface area contributed by atoms with Gasteiger partial charge in [0, 0.05) is 32.7 Å². The van der Waals surface area contributed by atoms with Gasteiger partial charge in [0.15, 0.2) is 0 Å². The van der Waals surface area contributed by atoms with Crippen LogP contribution in [0, 0.1) is 28.6 Å². The summed E-state index contributed by atoms with van der Waals surface area (Å²) >= 11 is 1.12. The van der Waals surface area contributed by atoms with Crippen LogP contribution in [0.15, 0.2) is 34.4 Å². The van der Waals surface area contributed by atoms with Crippen LogP contribution in [-0.2, 0) is 29.2 Å². The van der Waals surface area contributed by atoms with Crippen LogP contribution in [0.2, 0.25) is 0 Å². The van der Waals surface area contributed by atoms with Gasteiger partial charge in [-0.2, -0.15) is 4.31 Å². The average Bonchev–Trinajstić information content (AvgIpc) is 3.50. The summed E-state index contributed by atoms with van der Waals surface area (Å²) in [5.74, 6) is -2.78. The molecule has 3 rings (SSSR count). The lowest BCUT2D eigenvalue weighted by Gasteiger charge is -2.38. The normalized spacial score (nSPS) is 22.2. The Labute approximate surface area is 295 Å². The predicted molar refractivity (Wildman–Crippen MR) is 189 cm³/mol. The number of hydrogen-bond acceptors (Lipinski definition) is 8. The number of nitrogens with zero attached hydrogens (tertiary/aromatic N) is 2. The standard InChI is InChI=1S/C34H54N6O7S2/c1-11-16-35-30(43)27(41)22(13-3)36-29(42)26-25-21(34(25,8)9)18-40(26)31(44)28(33(5,6)7)38-32(45)37-23(20(4)12-2)19-39(10)49(46,47)24-15-14-17-48-24/h11,14-15,17,20-23,25-26,28H,1,12-13,16,18-19H2,2-10H3,(H,35,43)(H,36,42)(H2,37,38,45)/t20-,21-,22?,23+,25-,26-,28+/m0/s1. The smallest absolute Gasteiger partial charge is 0.315 e. The van der Waals surface area contributed by atoms with Crippen molar-refractivity contribution in [1.29, 1.82) is 0 Å². The van der Waals surface area contributed by atoms with E-state index in [4.69, 9.17) is 0 Å². The maximum absolute atomic E-state index is 14.3. The van der Waals surface area contributed by atoms with E-state index in [0.29, 0.717) is 13.0 Å². The maximum atomic E-state index is 14.3. The number of fused-ring (bicyclic) bond motifs is 1. The van der Waals surface area contributed by atoms with Crippen molar-refractivity contribution in [2.75, 3.05) is 26.7 Å². The first kappa shape index (κ1) is 40.1. The highest BCUT2D eigenvalue weighted by Crippen LogP contribution is 2.65. The summed E-state index contributed by atoms with van der Waals surface area (Å²) in [4.78, 5) is 68.4. The third-order valence-electron chi connectivity index (χ3n) is 10.1. The van der Waals surface area contributed by atoms with Crippen LogP contribution in [-0.4, -0.2) is 98.0 Å². The summed E-state index contributed by atoms with van der Waals surface area (Å²) in [7, 11) is -2.28. The molecule has 1 aromatic heterocycles. The molecule has 1 aliphatic heterocycles. The van der Waals surface area contributed by atoms with Crippen LogP contribution in [0.25, 0.3) is 0 Å². The summed E-state index contributed by atoms with van der Waals surface area (Å²) in [6.45, 7) is 19.0. The van der Waals surface area contributed by atoms with E-state index in [1.165, 1.54) is 28.4 Å². The molecule has 1 saturated carbocycles. The molecule has 2 fully saturated rings. The molecule has 1 aromatic rings. The molecule has 0 bridgehead atoms. The fraction of sp³-hybridized carbons (Fsp3) is 0.676. The number of rotatable bonds is 16. The summed E-state index contributed by atoms with van der Waals surface area (Å²) in [5.41, 5.74) is -0.985. The number of carbonyl (C=O) groups excluding carboxylic acids is 5. The number of ketones is 1. The molecule has 4 N–H and O–H groups in total. The first-order valence-electron chi connectivity index (χ1n) is 16.8. The SMILES string of the molecule is C=CCNC(=O)C(=O)C(CC)NC(=O)[C@@H]1[C@@H]2[C@H](CN1C(=O)[C@@H](NC(=O)N[C@H](CN(C)S(=O)(=O)c1cccs1)[C@@H](C)CC)C(C)(C)C)C2(C)C. The number of likely N-dealkylation sites (N-methyl/N-ethyl adjacent to an activating group) is 1. The van der Waals surface area contributed by atoms with Crippen LogP contribution in [0.3, 0.4) is 0 Å². The van der Waals surface area contributed by atoms with E-state index >= 15 is 0 Å². The Morgan fingerprint density at radius 2 is 1.78 bits per heavy atom. The highest BCUT2D eigenvalue weighted by molar-refractivity contribution is 7.91. The van der Waals surface area contributed by atoms with Crippen LogP contribution in [0.1, 0.15) is 68.2 Å². The molecule has 0 aromatic carbocycles. The van der Waals surface area contributed by atoms with Gasteiger partial charge in [0.05, 0.1) is 6.04 Å². The largest absolute Gasteiger partial charge is 0.346 e. The molecular weight excluding hydrogens is 669 g/mol. The Bertz CT molecular complexity index is 1500. The number of urea groups is 1. The van der Waals surface area contributed by atoms with E-state index < -0.39 is 69.1 Å². The monoisotopic (exact) mass is 722 g/mol. The fourth-order valence-corrected chi connectivity index (χ4v) is 8.98. The van der Waals surface area contributed by atoms with Gasteiger partial charge in [-0.3, -0.25) is 19.2 Å². The second-order valence-corrected chi connectivity index (χ2v) is 18.1. The van der Waals surface area contributed by atoms with Crippen molar-refractivity contribution >= 4 is 50.9 Å². The predicted octanol–water partition coefficient (Wildman–Crippen LogP) is 2.75. The molecule has 15 heteroatoms. The van der Waals surface area contributed by atoms with Crippen molar-refractivity contribution in [2.24, 2.45) is 28.6 Å². The number of thiophene rings is 1. The number of sulfonamides is 1. The second kappa shape index (κ2) is 15.7. The summed E-state index contributed by atoms with van der Waals surface area (Å²) < 4.78 is 27.7. The van der Waals surface area contributed by atoms with E-state index in [0.717, 1.165) is 11.3 Å². The molecule has 0 spiro atoms. The zero-order valence-corrected chi connectivity index (χ0v) is 31.8. The Morgan fingerprint density at radius 3 is 2.31 bits per heavy atom. The second-order valence-electron chi connectivity index (χ2n) is 14.8. The molecule has 1 unspecified atom stereocenters. The molecule has 274 valence electrons. The molecule has 1 aliphatic carbocycles. The van der Waals surface area contributed by atoms with Gasteiger partial charge >= 0.3 is 6.03 Å². The molecule has 0 radical (unpaired) electrons. The molecule has 49 heavy (non-hydrogen) atoms. The average molecular weight is 723 g/mol. The minimum atomic E-state index is -3.76. The third kappa shape index (κ3) is 8.90. The summed E-state index contributed by atoms with van der Waals surface area (Å²) in [6, 6.07) is -1.01. The van der Waals surface area contributed by atoms with E-state index in [1.807, 2.05) is 48.5 Å². The Kier molecular flexibility index (Phi) is 12.9. The van der Waals surface area contributed by atoms with E-state index in [2.05, 4.69) is 27.8 Å². The number of amides is 5. The number of carbonyl (C=O) groups is 5. The van der Waals surface area contributed by atoms with Crippen molar-refractivity contribution in [1.82, 2.24) is 30.5 Å². The van der Waals surface area contributed by atoms with Gasteiger partial charge in [-0.05, 0) is 46.5 Å². The fourth-order valence-electron chi connectivity index (χ4n) is 6.58. The minimum Gasteiger partial charge on any atom is -0.346 e. The van der Waals surface area contributed by atoms with Crippen molar-refractivity contribution in [2.45, 2.75) is 96.6 Å². The van der Waals surface area contributed by atoms with Gasteiger partial charge in [-0.15, -0.1) is 17.9 Å². The number of piperidine rings is 1. The van der Waals surface area contributed by atoms with Crippen LogP contribution in [0.4, 0.5) is 4.79 Å². The summed E-state index contributed by atoms with van der Waals surface area (Å²) in [6.07, 6.45) is 2.29. The zero-order chi connectivity index (χ0) is 37.1. The van der Waals surface area contributed by atoms with E-state index in [9.17, 15) is 32.4 Å². The highest BCUT2D eigenvalue weighted by Gasteiger charge is 2.70. The van der Waals surface area contributed by atoms with Crippen molar-refractivity contribution in [3.05, 3.63) is 30.2 Å². The van der Waals surface area contributed by atoms with Gasteiger partial charge < -0.3 is 26.2 Å². The molecule has 5 amide bonds. The molecule has 1 saturated heterocycles. The van der Waals surface area contributed by atoms with Crippen LogP contribution in [0.5, 0.6) is 0 Å². The van der Waals surface area contributed by atoms with Crippen molar-refractivity contribution in [3.63, 3.8) is 0 Å². The van der Waals surface area contributed by atoms with Gasteiger partial charge in [-0.25, -0.2) is 13.2 Å². The zero-order valence-electron chi connectivity index (χ0n) is 30.2. The Hall–Kier alpha value is -3.30. The molecule has 2 aliphatic rings. The quantitative estimate of drug-likeness (QED) is 0.150. The maximum Gasteiger partial charge on any atom is 0.315 e. The topological polar surface area (TPSA) is 174 Å². The van der Waals surface area contributed by atoms with Gasteiger partial charge in [0.1, 0.15) is 16.3 Å². The molecular formula is C34H54N6O7S2. The number of hydrogen-bond donors (Lipinski definition) is 4. The van der Waals surface area contributed by atoms with Crippen LogP contribution >= 0.6 is 11.3 Å². The number of likely N-dealkylation sites (tertiary alicyclic amines) is 1. The third-order valence-corrected chi connectivity index (χ3v) is 13.3. The molecule has 2 heterocycles. The van der Waals surface area contributed by atoms with Gasteiger partial charge in [0.2, 0.25) is 17.6 Å². The van der Waals surface area contributed by atoms with Crippen LogP contribution < -0.4 is 21.3 Å². The van der Waals surface area contributed by atoms with Gasteiger partial charge in [-0.1, -0.05) is 74.0 Å². The number of Topliss-reactive ketones (excluding diaryl/α,β-unsaturated/α-hetero) is 1. The lowest BCUT2D eigenvalue weighted by atomic mass is 9.85. The van der Waals surface area contributed by atoms with Gasteiger partial charge in [0.25, 0.3) is 15.9 Å². The first-order chi connectivity index (χ1) is 22.7. The molecule has 7 atom stereocenters. The Morgan fingerprint density at radius 1 is 1.12 bits per heavy atom. The number of nitrogens with one attached hydrogen (secondary N) is 4. The van der Waals surface area contributed by atoms with Crippen molar-refractivity contribution in [3.8, 4) is 0 Å². The van der Waals surface area contributed by atoms with E-state index in [1.54, 1.807) is 18.4 Å². The summed E-state index contributed by atoms with van der Waals surface area (Å²) in [5, 5.41) is 12.6. The first-order valence-corrected chi connectivity index (χ1v) is 19.2. The Balaban J connectivity index is 1.80.